The number of rotatable bonds is 3. The first-order chi connectivity index (χ1) is 6.06. The first-order valence-electron chi connectivity index (χ1n) is 4.46. The molecule has 2 N–H and O–H groups in total. The summed E-state index contributed by atoms with van der Waals surface area (Å²) in [6, 6.07) is 0. The summed E-state index contributed by atoms with van der Waals surface area (Å²) in [5.74, 6) is 1.60. The number of aromatic nitrogens is 2. The van der Waals surface area contributed by atoms with Crippen LogP contribution < -0.4 is 5.73 Å². The van der Waals surface area contributed by atoms with Crippen molar-refractivity contribution >= 4 is 11.6 Å². The van der Waals surface area contributed by atoms with Crippen LogP contribution in [-0.2, 0) is 20.0 Å². The minimum Gasteiger partial charge on any atom is -0.325 e. The molecule has 0 fully saturated rings. The fraction of sp³-hybridized carbons (Fsp3) is 0.667. The van der Waals surface area contributed by atoms with Crippen LogP contribution in [0.1, 0.15) is 25.4 Å². The summed E-state index contributed by atoms with van der Waals surface area (Å²) in [4.78, 5) is 4.37. The topological polar surface area (TPSA) is 43.8 Å². The van der Waals surface area contributed by atoms with Gasteiger partial charge in [-0.05, 0) is 5.92 Å². The number of hydrogen-bond acceptors (Lipinski definition) is 2. The molecule has 0 saturated carbocycles. The molecule has 0 radical (unpaired) electrons. The van der Waals surface area contributed by atoms with Crippen LogP contribution in [0.2, 0.25) is 5.15 Å². The molecule has 0 unspecified atom stereocenters. The Morgan fingerprint density at radius 1 is 1.54 bits per heavy atom. The van der Waals surface area contributed by atoms with Crippen molar-refractivity contribution in [3.8, 4) is 0 Å². The molecule has 0 atom stereocenters. The standard InChI is InChI=1S/C9H16ClN3/c1-6(2)4-8-12-7(5-11)9(10)13(8)3/h6H,4-5,11H2,1-3H3. The van der Waals surface area contributed by atoms with Crippen molar-refractivity contribution in [1.29, 1.82) is 0 Å². The fourth-order valence-corrected chi connectivity index (χ4v) is 1.48. The van der Waals surface area contributed by atoms with Crippen molar-refractivity contribution in [1.82, 2.24) is 9.55 Å². The number of imidazole rings is 1. The molecule has 3 nitrogen and oxygen atoms in total. The Balaban J connectivity index is 2.95. The van der Waals surface area contributed by atoms with E-state index in [4.69, 9.17) is 17.3 Å². The molecule has 13 heavy (non-hydrogen) atoms. The molecule has 0 spiro atoms. The van der Waals surface area contributed by atoms with Gasteiger partial charge in [-0.15, -0.1) is 0 Å². The molecule has 0 saturated heterocycles. The number of nitrogens with zero attached hydrogens (tertiary/aromatic N) is 2. The lowest BCUT2D eigenvalue weighted by atomic mass is 10.1. The van der Waals surface area contributed by atoms with Crippen LogP contribution >= 0.6 is 11.6 Å². The zero-order valence-electron chi connectivity index (χ0n) is 8.34. The maximum atomic E-state index is 6.02. The van der Waals surface area contributed by atoms with Crippen molar-refractivity contribution in [2.75, 3.05) is 0 Å². The summed E-state index contributed by atoms with van der Waals surface area (Å²) in [7, 11) is 1.92. The molecule has 1 aromatic rings. The zero-order chi connectivity index (χ0) is 10.0. The van der Waals surface area contributed by atoms with Gasteiger partial charge in [-0.3, -0.25) is 0 Å². The fourth-order valence-electron chi connectivity index (χ4n) is 1.26. The van der Waals surface area contributed by atoms with Crippen LogP contribution in [0.5, 0.6) is 0 Å². The van der Waals surface area contributed by atoms with Crippen LogP contribution in [0.15, 0.2) is 0 Å². The van der Waals surface area contributed by atoms with E-state index >= 15 is 0 Å². The van der Waals surface area contributed by atoms with Gasteiger partial charge >= 0.3 is 0 Å². The van der Waals surface area contributed by atoms with Gasteiger partial charge in [0.1, 0.15) is 11.0 Å². The van der Waals surface area contributed by atoms with Gasteiger partial charge < -0.3 is 10.3 Å². The summed E-state index contributed by atoms with van der Waals surface area (Å²) in [6.07, 6.45) is 0.941. The molecule has 0 aliphatic carbocycles. The van der Waals surface area contributed by atoms with E-state index in [1.807, 2.05) is 11.6 Å². The molecule has 1 rings (SSSR count). The first-order valence-corrected chi connectivity index (χ1v) is 4.84. The maximum absolute atomic E-state index is 6.02. The largest absolute Gasteiger partial charge is 0.325 e. The van der Waals surface area contributed by atoms with Crippen molar-refractivity contribution < 1.29 is 0 Å². The Morgan fingerprint density at radius 3 is 2.54 bits per heavy atom. The van der Waals surface area contributed by atoms with E-state index in [2.05, 4.69) is 18.8 Å². The molecule has 4 heteroatoms. The molecular weight excluding hydrogens is 186 g/mol. The predicted molar refractivity (Wildman–Crippen MR) is 54.7 cm³/mol. The molecule has 0 amide bonds. The summed E-state index contributed by atoms with van der Waals surface area (Å²) in [5, 5.41) is 0.665. The van der Waals surface area contributed by atoms with Crippen LogP contribution in [0.3, 0.4) is 0 Å². The minimum atomic E-state index is 0.408. The quantitative estimate of drug-likeness (QED) is 0.810. The Morgan fingerprint density at radius 2 is 2.15 bits per heavy atom. The van der Waals surface area contributed by atoms with E-state index in [9.17, 15) is 0 Å². The molecule has 0 aliphatic heterocycles. The van der Waals surface area contributed by atoms with Crippen molar-refractivity contribution in [2.24, 2.45) is 18.7 Å². The van der Waals surface area contributed by atoms with Crippen molar-refractivity contribution in [3.05, 3.63) is 16.7 Å². The van der Waals surface area contributed by atoms with E-state index in [0.717, 1.165) is 17.9 Å². The molecule has 1 aromatic heterocycles. The third-order valence-electron chi connectivity index (χ3n) is 1.97. The molecular formula is C9H16ClN3. The van der Waals surface area contributed by atoms with Crippen LogP contribution in [-0.4, -0.2) is 9.55 Å². The average Bonchev–Trinajstić information content (AvgIpc) is 2.32. The third kappa shape index (κ3) is 2.23. The maximum Gasteiger partial charge on any atom is 0.133 e. The van der Waals surface area contributed by atoms with E-state index in [-0.39, 0.29) is 0 Å². The second-order valence-electron chi connectivity index (χ2n) is 3.63. The summed E-state index contributed by atoms with van der Waals surface area (Å²) in [5.41, 5.74) is 6.29. The normalized spacial score (nSPS) is 11.2. The van der Waals surface area contributed by atoms with E-state index in [0.29, 0.717) is 17.6 Å². The number of hydrogen-bond donors (Lipinski definition) is 1. The smallest absolute Gasteiger partial charge is 0.133 e. The predicted octanol–water partition coefficient (Wildman–Crippen LogP) is 1.73. The summed E-state index contributed by atoms with van der Waals surface area (Å²) in [6.45, 7) is 4.72. The van der Waals surface area contributed by atoms with Gasteiger partial charge in [0.25, 0.3) is 0 Å². The second-order valence-corrected chi connectivity index (χ2v) is 3.98. The van der Waals surface area contributed by atoms with Crippen LogP contribution in [0, 0.1) is 5.92 Å². The van der Waals surface area contributed by atoms with Gasteiger partial charge in [-0.1, -0.05) is 25.4 Å². The molecule has 0 aromatic carbocycles. The highest BCUT2D eigenvalue weighted by Crippen LogP contribution is 2.17. The van der Waals surface area contributed by atoms with Gasteiger partial charge in [-0.2, -0.15) is 0 Å². The van der Waals surface area contributed by atoms with E-state index in [1.54, 1.807) is 0 Å². The number of nitrogens with two attached hydrogens (primary N) is 1. The van der Waals surface area contributed by atoms with E-state index < -0.39 is 0 Å². The third-order valence-corrected chi connectivity index (χ3v) is 2.44. The molecule has 1 heterocycles. The lowest BCUT2D eigenvalue weighted by molar-refractivity contribution is 0.602. The van der Waals surface area contributed by atoms with Gasteiger partial charge in [0.05, 0.1) is 5.69 Å². The Hall–Kier alpha value is -0.540. The zero-order valence-corrected chi connectivity index (χ0v) is 9.10. The Bertz CT molecular complexity index is 291. The minimum absolute atomic E-state index is 0.408. The molecule has 0 bridgehead atoms. The van der Waals surface area contributed by atoms with Gasteiger partial charge in [-0.25, -0.2) is 4.98 Å². The highest BCUT2D eigenvalue weighted by atomic mass is 35.5. The summed E-state index contributed by atoms with van der Waals surface area (Å²) < 4.78 is 1.91. The van der Waals surface area contributed by atoms with Gasteiger partial charge in [0.2, 0.25) is 0 Å². The Labute approximate surface area is 83.9 Å². The number of halogens is 1. The highest BCUT2D eigenvalue weighted by Gasteiger charge is 2.11. The van der Waals surface area contributed by atoms with Crippen LogP contribution in [0.25, 0.3) is 0 Å². The SMILES string of the molecule is CC(C)Cc1nc(CN)c(Cl)n1C. The Kier molecular flexibility index (Phi) is 3.33. The monoisotopic (exact) mass is 201 g/mol. The van der Waals surface area contributed by atoms with Crippen molar-refractivity contribution in [2.45, 2.75) is 26.8 Å². The molecule has 0 aliphatic rings. The highest BCUT2D eigenvalue weighted by molar-refractivity contribution is 6.30. The van der Waals surface area contributed by atoms with E-state index in [1.165, 1.54) is 0 Å². The lowest BCUT2D eigenvalue weighted by Gasteiger charge is -2.04. The van der Waals surface area contributed by atoms with Crippen LogP contribution in [0.4, 0.5) is 0 Å². The second kappa shape index (κ2) is 4.11. The molecule has 74 valence electrons. The van der Waals surface area contributed by atoms with Gasteiger partial charge in [0.15, 0.2) is 0 Å². The summed E-state index contributed by atoms with van der Waals surface area (Å²) >= 11 is 6.02. The van der Waals surface area contributed by atoms with Gasteiger partial charge in [0, 0.05) is 20.0 Å². The average molecular weight is 202 g/mol. The first kappa shape index (κ1) is 10.5. The van der Waals surface area contributed by atoms with Crippen molar-refractivity contribution in [3.63, 3.8) is 0 Å². The lowest BCUT2D eigenvalue weighted by Crippen LogP contribution is -2.02.